The molecule has 4 heteroatoms. The van der Waals surface area contributed by atoms with Gasteiger partial charge in [0.15, 0.2) is 0 Å². The summed E-state index contributed by atoms with van der Waals surface area (Å²) in [6, 6.07) is 17.9. The molecule has 0 heterocycles. The van der Waals surface area contributed by atoms with Gasteiger partial charge < -0.3 is 0 Å². The second-order valence-electron chi connectivity index (χ2n) is 3.54. The molecule has 0 N–H and O–H groups in total. The number of hydrogen-bond acceptors (Lipinski definition) is 2. The first kappa shape index (κ1) is 12.3. The molecule has 88 valence electrons. The van der Waals surface area contributed by atoms with Crippen LogP contribution in [-0.2, 0) is 0 Å². The Morgan fingerprint density at radius 2 is 1.67 bits per heavy atom. The standard InChI is InChI=1S/C14H11N3S/c15-16-17-18-14-9-5-4-8-13(14)11-10-12-6-2-1-3-7-12/h1-11H/b11-10+. The Hall–Kier alpha value is -2.16. The topological polar surface area (TPSA) is 48.8 Å². The fourth-order valence-corrected chi connectivity index (χ4v) is 2.02. The Morgan fingerprint density at radius 1 is 0.944 bits per heavy atom. The smallest absolute Gasteiger partial charge is 0.0218 e. The lowest BCUT2D eigenvalue weighted by Crippen LogP contribution is -1.77. The summed E-state index contributed by atoms with van der Waals surface area (Å²) < 4.78 is 3.52. The molecule has 0 fully saturated rings. The molecule has 3 nitrogen and oxygen atoms in total. The van der Waals surface area contributed by atoms with Gasteiger partial charge in [-0.05, 0) is 39.2 Å². The van der Waals surface area contributed by atoms with Crippen LogP contribution in [0.2, 0.25) is 0 Å². The molecule has 2 rings (SSSR count). The summed E-state index contributed by atoms with van der Waals surface area (Å²) >= 11 is 1.14. The fraction of sp³-hybridized carbons (Fsp3) is 0. The Balaban J connectivity index is 2.23. The van der Waals surface area contributed by atoms with Crippen LogP contribution in [0.15, 0.2) is 64.0 Å². The van der Waals surface area contributed by atoms with Crippen LogP contribution in [0.4, 0.5) is 0 Å². The Morgan fingerprint density at radius 3 is 2.44 bits per heavy atom. The highest BCUT2D eigenvalue weighted by molar-refractivity contribution is 7.98. The molecular formula is C14H11N3S. The summed E-state index contributed by atoms with van der Waals surface area (Å²) in [5.41, 5.74) is 10.5. The molecule has 0 aliphatic carbocycles. The number of nitrogens with zero attached hydrogens (tertiary/aromatic N) is 3. The SMILES string of the molecule is [N-]=[N+]=NSc1ccccc1/C=C/c1ccccc1. The van der Waals surface area contributed by atoms with Gasteiger partial charge in [-0.1, -0.05) is 60.7 Å². The normalized spacial score (nSPS) is 10.2. The van der Waals surface area contributed by atoms with E-state index in [0.717, 1.165) is 28.0 Å². The Labute approximate surface area is 110 Å². The Bertz CT molecular complexity index is 587. The molecule has 0 saturated heterocycles. The van der Waals surface area contributed by atoms with Crippen molar-refractivity contribution < 1.29 is 0 Å². The molecule has 0 aliphatic heterocycles. The van der Waals surface area contributed by atoms with Gasteiger partial charge in [-0.3, -0.25) is 0 Å². The van der Waals surface area contributed by atoms with Crippen molar-refractivity contribution in [1.82, 2.24) is 0 Å². The van der Waals surface area contributed by atoms with Gasteiger partial charge in [-0.25, -0.2) is 0 Å². The minimum Gasteiger partial charge on any atom is -0.0622 e. The molecule has 0 radical (unpaired) electrons. The maximum atomic E-state index is 8.35. The molecule has 0 saturated carbocycles. The lowest BCUT2D eigenvalue weighted by Gasteiger charge is -2.00. The summed E-state index contributed by atoms with van der Waals surface area (Å²) in [5.74, 6) is 0. The third kappa shape index (κ3) is 3.42. The third-order valence-electron chi connectivity index (χ3n) is 2.35. The number of azide groups is 1. The van der Waals surface area contributed by atoms with E-state index in [2.05, 4.69) is 9.43 Å². The number of benzene rings is 2. The van der Waals surface area contributed by atoms with Gasteiger partial charge in [0.05, 0.1) is 0 Å². The van der Waals surface area contributed by atoms with E-state index in [1.54, 1.807) is 0 Å². The summed E-state index contributed by atoms with van der Waals surface area (Å²) in [6.07, 6.45) is 4.06. The quantitative estimate of drug-likeness (QED) is 0.243. The van der Waals surface area contributed by atoms with Crippen molar-refractivity contribution in [3.8, 4) is 0 Å². The van der Waals surface area contributed by atoms with E-state index in [0.29, 0.717) is 0 Å². The molecule has 18 heavy (non-hydrogen) atoms. The second-order valence-corrected chi connectivity index (χ2v) is 4.33. The molecule has 0 bridgehead atoms. The summed E-state index contributed by atoms with van der Waals surface area (Å²) in [5, 5.41) is 0. The molecule has 0 amide bonds. The Kier molecular flexibility index (Phi) is 4.47. The van der Waals surface area contributed by atoms with Crippen LogP contribution in [0.3, 0.4) is 0 Å². The van der Waals surface area contributed by atoms with Crippen LogP contribution in [0, 0.1) is 0 Å². The van der Waals surface area contributed by atoms with Crippen molar-refractivity contribution in [3.05, 3.63) is 76.2 Å². The molecule has 0 aromatic heterocycles. The summed E-state index contributed by atoms with van der Waals surface area (Å²) in [4.78, 5) is 3.70. The second kappa shape index (κ2) is 6.55. The lowest BCUT2D eigenvalue weighted by atomic mass is 10.1. The number of rotatable bonds is 4. The molecule has 0 aliphatic rings. The molecule has 2 aromatic carbocycles. The molecule has 0 atom stereocenters. The van der Waals surface area contributed by atoms with E-state index in [9.17, 15) is 0 Å². The van der Waals surface area contributed by atoms with Crippen molar-refractivity contribution in [2.24, 2.45) is 4.52 Å². The minimum atomic E-state index is 0.947. The van der Waals surface area contributed by atoms with Crippen LogP contribution in [0.25, 0.3) is 22.6 Å². The van der Waals surface area contributed by atoms with Gasteiger partial charge >= 0.3 is 0 Å². The van der Waals surface area contributed by atoms with Crippen molar-refractivity contribution >= 4 is 24.1 Å². The zero-order chi connectivity index (χ0) is 12.6. The van der Waals surface area contributed by atoms with Gasteiger partial charge in [0.25, 0.3) is 0 Å². The van der Waals surface area contributed by atoms with Gasteiger partial charge in [0, 0.05) is 9.81 Å². The van der Waals surface area contributed by atoms with Crippen LogP contribution >= 0.6 is 11.9 Å². The highest BCUT2D eigenvalue weighted by Crippen LogP contribution is 2.25. The van der Waals surface area contributed by atoms with E-state index in [1.165, 1.54) is 0 Å². The molecule has 0 spiro atoms. The van der Waals surface area contributed by atoms with Crippen molar-refractivity contribution in [2.45, 2.75) is 4.90 Å². The average Bonchev–Trinajstić information content (AvgIpc) is 2.45. The van der Waals surface area contributed by atoms with E-state index in [-0.39, 0.29) is 0 Å². The third-order valence-corrected chi connectivity index (χ3v) is 3.07. The highest BCUT2D eigenvalue weighted by Gasteiger charge is 1.97. The van der Waals surface area contributed by atoms with Gasteiger partial charge in [-0.15, -0.1) is 0 Å². The monoisotopic (exact) mass is 253 g/mol. The number of hydrogen-bond donors (Lipinski definition) is 0. The molecule has 2 aromatic rings. The average molecular weight is 253 g/mol. The maximum Gasteiger partial charge on any atom is 0.0218 e. The zero-order valence-corrected chi connectivity index (χ0v) is 10.4. The van der Waals surface area contributed by atoms with E-state index >= 15 is 0 Å². The van der Waals surface area contributed by atoms with Crippen molar-refractivity contribution in [2.75, 3.05) is 0 Å². The molecular weight excluding hydrogens is 242 g/mol. The minimum absolute atomic E-state index is 0.947. The van der Waals surface area contributed by atoms with Gasteiger partial charge in [-0.2, -0.15) is 0 Å². The summed E-state index contributed by atoms with van der Waals surface area (Å²) in [7, 11) is 0. The van der Waals surface area contributed by atoms with E-state index in [4.69, 9.17) is 5.53 Å². The van der Waals surface area contributed by atoms with Crippen molar-refractivity contribution in [1.29, 1.82) is 0 Å². The summed E-state index contributed by atoms with van der Waals surface area (Å²) in [6.45, 7) is 0. The predicted molar refractivity (Wildman–Crippen MR) is 76.8 cm³/mol. The fourth-order valence-electron chi connectivity index (χ4n) is 1.51. The van der Waals surface area contributed by atoms with Crippen LogP contribution in [0.1, 0.15) is 11.1 Å². The first-order valence-corrected chi connectivity index (χ1v) is 6.21. The largest absolute Gasteiger partial charge is 0.0622 e. The van der Waals surface area contributed by atoms with E-state index in [1.807, 2.05) is 66.7 Å². The van der Waals surface area contributed by atoms with E-state index < -0.39 is 0 Å². The first-order chi connectivity index (χ1) is 8.90. The van der Waals surface area contributed by atoms with Crippen LogP contribution in [-0.4, -0.2) is 0 Å². The highest BCUT2D eigenvalue weighted by atomic mass is 32.2. The van der Waals surface area contributed by atoms with Crippen LogP contribution in [0.5, 0.6) is 0 Å². The molecule has 0 unspecified atom stereocenters. The van der Waals surface area contributed by atoms with Gasteiger partial charge in [0.2, 0.25) is 0 Å². The maximum absolute atomic E-state index is 8.35. The van der Waals surface area contributed by atoms with Crippen molar-refractivity contribution in [3.63, 3.8) is 0 Å². The lowest BCUT2D eigenvalue weighted by molar-refractivity contribution is 1.42. The predicted octanol–water partition coefficient (Wildman–Crippen LogP) is 5.17. The van der Waals surface area contributed by atoms with Gasteiger partial charge in [0.1, 0.15) is 0 Å². The first-order valence-electron chi connectivity index (χ1n) is 5.44. The zero-order valence-electron chi connectivity index (χ0n) is 9.60. The van der Waals surface area contributed by atoms with Crippen LogP contribution < -0.4 is 0 Å².